The van der Waals surface area contributed by atoms with E-state index in [1.165, 1.54) is 0 Å². The molecule has 0 radical (unpaired) electrons. The molecule has 0 rings (SSSR count). The minimum absolute atomic E-state index is 0.0741. The number of carbonyl (C=O) groups is 4. The second-order valence-corrected chi connectivity index (χ2v) is 7.02. The maximum atomic E-state index is 12.0. The molecule has 0 aromatic carbocycles. The summed E-state index contributed by atoms with van der Waals surface area (Å²) in [6.07, 6.45) is 1.65. The molecule has 0 unspecified atom stereocenters. The summed E-state index contributed by atoms with van der Waals surface area (Å²) in [6.45, 7) is 7.32. The van der Waals surface area contributed by atoms with Crippen LogP contribution in [0.4, 0.5) is 0 Å². The molecule has 0 saturated carbocycles. The second kappa shape index (κ2) is 13.1. The highest BCUT2D eigenvalue weighted by Gasteiger charge is 2.22. The fourth-order valence-corrected chi connectivity index (χ4v) is 2.11. The van der Waals surface area contributed by atoms with Crippen molar-refractivity contribution in [1.29, 1.82) is 0 Å². The molecule has 156 valence electrons. The van der Waals surface area contributed by atoms with Gasteiger partial charge in [-0.3, -0.25) is 14.4 Å². The molecule has 0 fully saturated rings. The van der Waals surface area contributed by atoms with Crippen LogP contribution in [-0.4, -0.2) is 55.1 Å². The SMILES string of the molecule is CCOC(=O)[C@H](CCCCN)NC(=O)CNC(=O)CCC(=O)OC(C)(C)C. The lowest BCUT2D eigenvalue weighted by Gasteiger charge is -2.19. The lowest BCUT2D eigenvalue weighted by molar-refractivity contribution is -0.155. The minimum Gasteiger partial charge on any atom is -0.464 e. The van der Waals surface area contributed by atoms with E-state index in [2.05, 4.69) is 10.6 Å². The van der Waals surface area contributed by atoms with E-state index in [1.807, 2.05) is 0 Å². The Morgan fingerprint density at radius 3 is 2.26 bits per heavy atom. The van der Waals surface area contributed by atoms with Gasteiger partial charge in [-0.1, -0.05) is 0 Å². The van der Waals surface area contributed by atoms with Gasteiger partial charge in [0.15, 0.2) is 0 Å². The number of ether oxygens (including phenoxy) is 2. The molecule has 0 aromatic rings. The van der Waals surface area contributed by atoms with Crippen LogP contribution in [0.2, 0.25) is 0 Å². The predicted octanol–water partition coefficient (Wildman–Crippen LogP) is 0.401. The molecule has 4 N–H and O–H groups in total. The van der Waals surface area contributed by atoms with Gasteiger partial charge in [0.25, 0.3) is 0 Å². The molecule has 0 saturated heterocycles. The van der Waals surface area contributed by atoms with Gasteiger partial charge in [-0.25, -0.2) is 4.79 Å². The Morgan fingerprint density at radius 2 is 1.70 bits per heavy atom. The Balaban J connectivity index is 4.29. The zero-order chi connectivity index (χ0) is 20.9. The molecular formula is C18H33N3O6. The first-order valence-electron chi connectivity index (χ1n) is 9.23. The van der Waals surface area contributed by atoms with Crippen LogP contribution in [0.5, 0.6) is 0 Å². The molecule has 9 nitrogen and oxygen atoms in total. The number of nitrogens with one attached hydrogen (secondary N) is 2. The number of hydrogen-bond acceptors (Lipinski definition) is 7. The van der Waals surface area contributed by atoms with Gasteiger partial charge in [-0.2, -0.15) is 0 Å². The van der Waals surface area contributed by atoms with Gasteiger partial charge in [0.05, 0.1) is 19.6 Å². The van der Waals surface area contributed by atoms with Gasteiger partial charge in [0.2, 0.25) is 11.8 Å². The summed E-state index contributed by atoms with van der Waals surface area (Å²) in [5.74, 6) is -1.96. The Kier molecular flexibility index (Phi) is 12.0. The number of hydrogen-bond donors (Lipinski definition) is 3. The first kappa shape index (κ1) is 24.8. The zero-order valence-corrected chi connectivity index (χ0v) is 16.8. The van der Waals surface area contributed by atoms with E-state index in [-0.39, 0.29) is 26.0 Å². The van der Waals surface area contributed by atoms with E-state index < -0.39 is 35.4 Å². The smallest absolute Gasteiger partial charge is 0.328 e. The summed E-state index contributed by atoms with van der Waals surface area (Å²) >= 11 is 0. The highest BCUT2D eigenvalue weighted by molar-refractivity contribution is 5.89. The Bertz CT molecular complexity index is 502. The van der Waals surface area contributed by atoms with Crippen LogP contribution in [0.1, 0.15) is 59.8 Å². The molecule has 27 heavy (non-hydrogen) atoms. The van der Waals surface area contributed by atoms with E-state index in [9.17, 15) is 19.2 Å². The van der Waals surface area contributed by atoms with Crippen molar-refractivity contribution in [1.82, 2.24) is 10.6 Å². The molecule has 0 aliphatic rings. The number of amides is 2. The van der Waals surface area contributed by atoms with Gasteiger partial charge < -0.3 is 25.8 Å². The first-order valence-corrected chi connectivity index (χ1v) is 9.23. The lowest BCUT2D eigenvalue weighted by Crippen LogP contribution is -2.46. The lowest BCUT2D eigenvalue weighted by atomic mass is 10.1. The molecule has 1 atom stereocenters. The number of esters is 2. The Morgan fingerprint density at radius 1 is 1.04 bits per heavy atom. The second-order valence-electron chi connectivity index (χ2n) is 7.02. The van der Waals surface area contributed by atoms with E-state index in [1.54, 1.807) is 27.7 Å². The molecule has 2 amide bonds. The molecule has 0 bridgehead atoms. The zero-order valence-electron chi connectivity index (χ0n) is 16.8. The molecular weight excluding hydrogens is 354 g/mol. The third-order valence-electron chi connectivity index (χ3n) is 3.28. The van der Waals surface area contributed by atoms with Crippen LogP contribution >= 0.6 is 0 Å². The standard InChI is InChI=1S/C18H33N3O6/c1-5-26-17(25)13(8-6-7-11-19)21-15(23)12-20-14(22)9-10-16(24)27-18(2,3)4/h13H,5-12,19H2,1-4H3,(H,20,22)(H,21,23)/t13-/m0/s1. The molecule has 0 aliphatic heterocycles. The highest BCUT2D eigenvalue weighted by atomic mass is 16.6. The monoisotopic (exact) mass is 387 g/mol. The van der Waals surface area contributed by atoms with E-state index in [0.717, 1.165) is 6.42 Å². The van der Waals surface area contributed by atoms with Crippen LogP contribution in [0.15, 0.2) is 0 Å². The first-order chi connectivity index (χ1) is 12.6. The summed E-state index contributed by atoms with van der Waals surface area (Å²) in [7, 11) is 0. The van der Waals surface area contributed by atoms with Gasteiger partial charge in [0.1, 0.15) is 11.6 Å². The summed E-state index contributed by atoms with van der Waals surface area (Å²) in [6, 6.07) is -0.775. The predicted molar refractivity (Wildman–Crippen MR) is 99.6 cm³/mol. The summed E-state index contributed by atoms with van der Waals surface area (Å²) < 4.78 is 10.0. The van der Waals surface area contributed by atoms with Gasteiger partial charge in [-0.15, -0.1) is 0 Å². The van der Waals surface area contributed by atoms with Crippen molar-refractivity contribution in [2.45, 2.75) is 71.4 Å². The average Bonchev–Trinajstić information content (AvgIpc) is 2.56. The van der Waals surface area contributed by atoms with E-state index in [0.29, 0.717) is 19.4 Å². The third kappa shape index (κ3) is 13.7. The van der Waals surface area contributed by atoms with Crippen molar-refractivity contribution in [3.63, 3.8) is 0 Å². The molecule has 0 spiro atoms. The molecule has 0 aliphatic carbocycles. The van der Waals surface area contributed by atoms with E-state index >= 15 is 0 Å². The van der Waals surface area contributed by atoms with Gasteiger partial charge in [0, 0.05) is 6.42 Å². The topological polar surface area (TPSA) is 137 Å². The van der Waals surface area contributed by atoms with Gasteiger partial charge in [-0.05, 0) is 53.5 Å². The largest absolute Gasteiger partial charge is 0.464 e. The Labute approximate surface area is 160 Å². The highest BCUT2D eigenvalue weighted by Crippen LogP contribution is 2.09. The average molecular weight is 387 g/mol. The van der Waals surface area contributed by atoms with Crippen LogP contribution in [0.3, 0.4) is 0 Å². The van der Waals surface area contributed by atoms with Crippen molar-refractivity contribution < 1.29 is 28.7 Å². The number of nitrogens with two attached hydrogens (primary N) is 1. The van der Waals surface area contributed by atoms with Gasteiger partial charge >= 0.3 is 11.9 Å². The summed E-state index contributed by atoms with van der Waals surface area (Å²) in [4.78, 5) is 47.2. The normalized spacial score (nSPS) is 12.0. The molecule has 9 heteroatoms. The van der Waals surface area contributed by atoms with Crippen LogP contribution in [0.25, 0.3) is 0 Å². The maximum absolute atomic E-state index is 12.0. The van der Waals surface area contributed by atoms with Crippen molar-refractivity contribution in [2.75, 3.05) is 19.7 Å². The fraction of sp³-hybridized carbons (Fsp3) is 0.778. The van der Waals surface area contributed by atoms with Crippen LogP contribution in [-0.2, 0) is 28.7 Å². The van der Waals surface area contributed by atoms with Crippen LogP contribution in [0, 0.1) is 0 Å². The number of rotatable bonds is 12. The maximum Gasteiger partial charge on any atom is 0.328 e. The van der Waals surface area contributed by atoms with Crippen LogP contribution < -0.4 is 16.4 Å². The van der Waals surface area contributed by atoms with Crippen molar-refractivity contribution in [3.05, 3.63) is 0 Å². The minimum atomic E-state index is -0.775. The third-order valence-corrected chi connectivity index (χ3v) is 3.28. The number of carbonyl (C=O) groups excluding carboxylic acids is 4. The Hall–Kier alpha value is -2.16. The molecule has 0 aromatic heterocycles. The number of unbranched alkanes of at least 4 members (excludes halogenated alkanes) is 1. The van der Waals surface area contributed by atoms with E-state index in [4.69, 9.17) is 15.2 Å². The van der Waals surface area contributed by atoms with Crippen molar-refractivity contribution >= 4 is 23.8 Å². The summed E-state index contributed by atoms with van der Waals surface area (Å²) in [5.41, 5.74) is 4.82. The fourth-order valence-electron chi connectivity index (χ4n) is 2.11. The molecule has 0 heterocycles. The summed E-state index contributed by atoms with van der Waals surface area (Å²) in [5, 5.41) is 4.96. The van der Waals surface area contributed by atoms with Crippen molar-refractivity contribution in [3.8, 4) is 0 Å². The quantitative estimate of drug-likeness (QED) is 0.326. The van der Waals surface area contributed by atoms with Crippen molar-refractivity contribution in [2.24, 2.45) is 5.73 Å².